The van der Waals surface area contributed by atoms with E-state index in [1.54, 1.807) is 25.7 Å². The van der Waals surface area contributed by atoms with E-state index in [-0.39, 0.29) is 0 Å². The Balaban J connectivity index is 2.20. The molecule has 0 aromatic carbocycles. The molecule has 38 valence electrons. The summed E-state index contributed by atoms with van der Waals surface area (Å²) in [5.74, 6) is 2.44. The monoisotopic (exact) mass is 94.1 g/mol. The molecule has 0 atom stereocenters. The predicted octanol–water partition coefficient (Wildman–Crippen LogP) is 1.81. The van der Waals surface area contributed by atoms with Gasteiger partial charge in [-0.15, -0.1) is 0 Å². The molecule has 0 unspecified atom stereocenters. The van der Waals surface area contributed by atoms with Crippen LogP contribution in [-0.2, 0) is 0 Å². The summed E-state index contributed by atoms with van der Waals surface area (Å²) < 4.78 is 0. The molecule has 6 saturated carbocycles. The first-order valence-corrected chi connectivity index (χ1v) is 3.38. The minimum absolute atomic E-state index is 0.981. The second kappa shape index (κ2) is 0.586. The second-order valence-corrected chi connectivity index (χ2v) is 3.84. The minimum atomic E-state index is 0.981. The van der Waals surface area contributed by atoms with Crippen molar-refractivity contribution in [2.24, 2.45) is 17.3 Å². The standard InChI is InChI=1S/C7H10/c1-5-2-7(1)3-6(5)4-7/h5-6H,1-4H2. The van der Waals surface area contributed by atoms with Crippen molar-refractivity contribution >= 4 is 0 Å². The SMILES string of the molecule is C1C2CC13CC2C3. The molecule has 6 fully saturated rings. The van der Waals surface area contributed by atoms with Crippen LogP contribution in [0.2, 0.25) is 0 Å². The van der Waals surface area contributed by atoms with Gasteiger partial charge in [0.05, 0.1) is 0 Å². The Bertz CT molecular complexity index is 94.5. The molecule has 0 saturated heterocycles. The van der Waals surface area contributed by atoms with Crippen LogP contribution >= 0.6 is 0 Å². The molecule has 0 aromatic rings. The second-order valence-electron chi connectivity index (χ2n) is 3.84. The summed E-state index contributed by atoms with van der Waals surface area (Å²) in [7, 11) is 0. The van der Waals surface area contributed by atoms with E-state index in [4.69, 9.17) is 0 Å². The number of rotatable bonds is 0. The lowest BCUT2D eigenvalue weighted by atomic mass is 9.69. The summed E-state index contributed by atoms with van der Waals surface area (Å²) in [5, 5.41) is 0. The zero-order chi connectivity index (χ0) is 4.48. The third kappa shape index (κ3) is 0.167. The van der Waals surface area contributed by atoms with Crippen molar-refractivity contribution in [3.63, 3.8) is 0 Å². The fraction of sp³-hybridized carbons (Fsp3) is 1.00. The van der Waals surface area contributed by atoms with E-state index in [1.807, 2.05) is 0 Å². The summed E-state index contributed by atoms with van der Waals surface area (Å²) in [6, 6.07) is 0. The average molecular weight is 94.2 g/mol. The van der Waals surface area contributed by atoms with Gasteiger partial charge in [-0.3, -0.25) is 0 Å². The maximum atomic E-state index is 1.62. The molecule has 7 heavy (non-hydrogen) atoms. The minimum Gasteiger partial charge on any atom is -0.0444 e. The van der Waals surface area contributed by atoms with Gasteiger partial charge in [0.2, 0.25) is 0 Å². The molecule has 6 aliphatic carbocycles. The maximum absolute atomic E-state index is 1.62. The molecule has 6 aliphatic rings. The Labute approximate surface area is 43.9 Å². The van der Waals surface area contributed by atoms with Gasteiger partial charge < -0.3 is 0 Å². The highest BCUT2D eigenvalue weighted by Gasteiger charge is 2.65. The smallest absolute Gasteiger partial charge is 0.0287 e. The Morgan fingerprint density at radius 3 is 1.43 bits per heavy atom. The lowest BCUT2D eigenvalue weighted by Gasteiger charge is -2.36. The summed E-state index contributed by atoms with van der Waals surface area (Å²) in [5.41, 5.74) is 0.981. The lowest BCUT2D eigenvalue weighted by molar-refractivity contribution is 0.147. The van der Waals surface area contributed by atoms with Crippen LogP contribution < -0.4 is 0 Å². The first-order chi connectivity index (χ1) is 3.38. The summed E-state index contributed by atoms with van der Waals surface area (Å²) >= 11 is 0. The first kappa shape index (κ1) is 3.11. The summed E-state index contributed by atoms with van der Waals surface area (Å²) in [6.07, 6.45) is 6.49. The fourth-order valence-corrected chi connectivity index (χ4v) is 3.11. The van der Waals surface area contributed by atoms with Crippen LogP contribution in [0.4, 0.5) is 0 Å². The van der Waals surface area contributed by atoms with Crippen LogP contribution in [0.1, 0.15) is 25.7 Å². The molecule has 0 amide bonds. The zero-order valence-electron chi connectivity index (χ0n) is 4.48. The molecule has 0 aromatic heterocycles. The molecule has 0 heteroatoms. The van der Waals surface area contributed by atoms with Gasteiger partial charge in [-0.05, 0) is 42.9 Å². The summed E-state index contributed by atoms with van der Waals surface area (Å²) in [4.78, 5) is 0. The van der Waals surface area contributed by atoms with E-state index in [0.717, 1.165) is 5.41 Å². The molecule has 3 bridgehead atoms. The largest absolute Gasteiger partial charge is 0.0444 e. The molecule has 0 radical (unpaired) electrons. The van der Waals surface area contributed by atoms with Crippen molar-refractivity contribution in [1.29, 1.82) is 0 Å². The van der Waals surface area contributed by atoms with Gasteiger partial charge in [0.1, 0.15) is 0 Å². The molecule has 0 aliphatic heterocycles. The highest BCUT2D eigenvalue weighted by Crippen LogP contribution is 2.75. The van der Waals surface area contributed by atoms with Gasteiger partial charge in [0, 0.05) is 0 Å². The van der Waals surface area contributed by atoms with Gasteiger partial charge in [-0.2, -0.15) is 0 Å². The number of hydrogen-bond acceptors (Lipinski definition) is 0. The van der Waals surface area contributed by atoms with Gasteiger partial charge in [0.15, 0.2) is 0 Å². The Morgan fingerprint density at radius 1 is 0.857 bits per heavy atom. The van der Waals surface area contributed by atoms with Gasteiger partial charge in [-0.1, -0.05) is 0 Å². The quantitative estimate of drug-likeness (QED) is 0.429. The molecule has 0 N–H and O–H groups in total. The van der Waals surface area contributed by atoms with E-state index in [9.17, 15) is 0 Å². The van der Waals surface area contributed by atoms with E-state index in [2.05, 4.69) is 0 Å². The van der Waals surface area contributed by atoms with Crippen LogP contribution in [0.15, 0.2) is 0 Å². The molecule has 6 rings (SSSR count). The van der Waals surface area contributed by atoms with Crippen molar-refractivity contribution in [1.82, 2.24) is 0 Å². The summed E-state index contributed by atoms with van der Waals surface area (Å²) in [6.45, 7) is 0. The molecule has 1 spiro atoms. The van der Waals surface area contributed by atoms with E-state index in [1.165, 1.54) is 11.8 Å². The first-order valence-electron chi connectivity index (χ1n) is 3.38. The Hall–Kier alpha value is 0. The molecular formula is C7H10. The highest BCUT2D eigenvalue weighted by atomic mass is 14.7. The van der Waals surface area contributed by atoms with Gasteiger partial charge in [-0.25, -0.2) is 0 Å². The van der Waals surface area contributed by atoms with Crippen molar-refractivity contribution in [2.75, 3.05) is 0 Å². The average Bonchev–Trinajstić information content (AvgIpc) is 1.66. The van der Waals surface area contributed by atoms with Crippen molar-refractivity contribution in [2.45, 2.75) is 25.7 Å². The van der Waals surface area contributed by atoms with Crippen molar-refractivity contribution in [3.05, 3.63) is 0 Å². The Morgan fingerprint density at radius 2 is 1.29 bits per heavy atom. The molecular weight excluding hydrogens is 84.1 g/mol. The van der Waals surface area contributed by atoms with Crippen LogP contribution in [0.5, 0.6) is 0 Å². The van der Waals surface area contributed by atoms with Crippen LogP contribution in [-0.4, -0.2) is 0 Å². The van der Waals surface area contributed by atoms with E-state index < -0.39 is 0 Å². The van der Waals surface area contributed by atoms with E-state index >= 15 is 0 Å². The Kier molecular flexibility index (Phi) is 0.260. The topological polar surface area (TPSA) is 0 Å². The highest BCUT2D eigenvalue weighted by molar-refractivity contribution is 5.15. The van der Waals surface area contributed by atoms with Gasteiger partial charge >= 0.3 is 0 Å². The zero-order valence-corrected chi connectivity index (χ0v) is 4.48. The molecule has 0 heterocycles. The van der Waals surface area contributed by atoms with E-state index in [0.29, 0.717) is 0 Å². The van der Waals surface area contributed by atoms with Gasteiger partial charge in [0.25, 0.3) is 0 Å². The van der Waals surface area contributed by atoms with Crippen LogP contribution in [0.25, 0.3) is 0 Å². The van der Waals surface area contributed by atoms with Crippen LogP contribution in [0.3, 0.4) is 0 Å². The van der Waals surface area contributed by atoms with Crippen molar-refractivity contribution < 1.29 is 0 Å². The maximum Gasteiger partial charge on any atom is -0.0287 e. The van der Waals surface area contributed by atoms with Crippen molar-refractivity contribution in [3.8, 4) is 0 Å². The van der Waals surface area contributed by atoms with Crippen LogP contribution in [0, 0.1) is 17.3 Å². The lowest BCUT2D eigenvalue weighted by Crippen LogP contribution is -2.25. The third-order valence-corrected chi connectivity index (χ3v) is 3.45. The fourth-order valence-electron chi connectivity index (χ4n) is 3.11. The normalized spacial score (nSPS) is 72.0. The number of hydrogen-bond donors (Lipinski definition) is 0. The predicted molar refractivity (Wildman–Crippen MR) is 27.9 cm³/mol. The molecule has 0 nitrogen and oxygen atoms in total. The third-order valence-electron chi connectivity index (χ3n) is 3.45.